The molecule has 0 spiro atoms. The molecule has 3 rings (SSSR count). The largest absolute Gasteiger partial charge is 0.479 e. The zero-order chi connectivity index (χ0) is 18.0. The second-order valence-corrected chi connectivity index (χ2v) is 7.11. The van der Waals surface area contributed by atoms with E-state index in [1.807, 2.05) is 23.9 Å². The Balaban J connectivity index is 2.37. The Morgan fingerprint density at radius 3 is 2.76 bits per heavy atom. The molecule has 0 N–H and O–H groups in total. The Morgan fingerprint density at radius 1 is 1.32 bits per heavy atom. The van der Waals surface area contributed by atoms with Gasteiger partial charge in [0.25, 0.3) is 0 Å². The number of fused-ring (bicyclic) bond motifs is 1. The SMILES string of the molecule is CCC#Cc1cc2c(OC)nn(C(C)C)c2cc1-c1ncccc1I. The van der Waals surface area contributed by atoms with Crippen molar-refractivity contribution in [2.45, 2.75) is 33.2 Å². The average molecular weight is 445 g/mol. The lowest BCUT2D eigenvalue weighted by Gasteiger charge is -2.10. The minimum absolute atomic E-state index is 0.231. The number of halogens is 1. The van der Waals surface area contributed by atoms with E-state index in [2.05, 4.69) is 76.6 Å². The third-order valence-corrected chi connectivity index (χ3v) is 4.78. The van der Waals surface area contributed by atoms with Gasteiger partial charge in [0.05, 0.1) is 23.7 Å². The summed E-state index contributed by atoms with van der Waals surface area (Å²) in [5.41, 5.74) is 3.96. The maximum absolute atomic E-state index is 5.49. The van der Waals surface area contributed by atoms with Crippen LogP contribution in [0.2, 0.25) is 0 Å². The summed E-state index contributed by atoms with van der Waals surface area (Å²) >= 11 is 2.32. The molecule has 3 aromatic rings. The van der Waals surface area contributed by atoms with Crippen molar-refractivity contribution in [1.82, 2.24) is 14.8 Å². The van der Waals surface area contributed by atoms with Crippen molar-refractivity contribution in [2.24, 2.45) is 0 Å². The van der Waals surface area contributed by atoms with E-state index in [1.165, 1.54) is 0 Å². The first-order chi connectivity index (χ1) is 12.1. The fourth-order valence-corrected chi connectivity index (χ4v) is 3.40. The first-order valence-electron chi connectivity index (χ1n) is 8.26. The molecule has 0 atom stereocenters. The van der Waals surface area contributed by atoms with Gasteiger partial charge in [0.1, 0.15) is 0 Å². The number of hydrogen-bond acceptors (Lipinski definition) is 3. The van der Waals surface area contributed by atoms with Gasteiger partial charge in [-0.05, 0) is 60.7 Å². The topological polar surface area (TPSA) is 39.9 Å². The molecule has 0 bridgehead atoms. The number of nitrogens with zero attached hydrogens (tertiary/aromatic N) is 3. The number of aromatic nitrogens is 3. The molecule has 25 heavy (non-hydrogen) atoms. The molecule has 4 nitrogen and oxygen atoms in total. The van der Waals surface area contributed by atoms with Crippen molar-refractivity contribution in [3.05, 3.63) is 39.6 Å². The van der Waals surface area contributed by atoms with Crippen molar-refractivity contribution in [3.63, 3.8) is 0 Å². The number of benzene rings is 1. The van der Waals surface area contributed by atoms with Crippen LogP contribution in [0.3, 0.4) is 0 Å². The standard InChI is InChI=1S/C20H20IN3O/c1-5-6-8-14-11-16-18(24(13(2)3)23-20(16)25-4)12-15(14)19-17(21)9-7-10-22-19/h7,9-13H,5H2,1-4H3. The van der Waals surface area contributed by atoms with Gasteiger partial charge in [-0.25, -0.2) is 0 Å². The van der Waals surface area contributed by atoms with Gasteiger partial charge in [-0.3, -0.25) is 9.67 Å². The first kappa shape index (κ1) is 17.7. The van der Waals surface area contributed by atoms with Crippen LogP contribution in [-0.2, 0) is 0 Å². The normalized spacial score (nSPS) is 10.8. The van der Waals surface area contributed by atoms with Crippen molar-refractivity contribution in [2.75, 3.05) is 7.11 Å². The van der Waals surface area contributed by atoms with E-state index in [1.54, 1.807) is 7.11 Å². The Kier molecular flexibility index (Phi) is 5.28. The molecule has 0 fully saturated rings. The maximum Gasteiger partial charge on any atom is 0.240 e. The third kappa shape index (κ3) is 3.36. The van der Waals surface area contributed by atoms with Crippen LogP contribution in [-0.4, -0.2) is 21.9 Å². The molecule has 0 saturated heterocycles. The molecule has 5 heteroatoms. The highest BCUT2D eigenvalue weighted by Crippen LogP contribution is 2.34. The van der Waals surface area contributed by atoms with Gasteiger partial charge in [-0.15, -0.1) is 5.10 Å². The van der Waals surface area contributed by atoms with Crippen LogP contribution in [0.5, 0.6) is 5.88 Å². The molecular formula is C20H20IN3O. The third-order valence-electron chi connectivity index (χ3n) is 3.91. The van der Waals surface area contributed by atoms with E-state index in [0.717, 1.165) is 37.7 Å². The predicted molar refractivity (Wildman–Crippen MR) is 110 cm³/mol. The van der Waals surface area contributed by atoms with Crippen LogP contribution in [0.4, 0.5) is 0 Å². The van der Waals surface area contributed by atoms with Gasteiger partial charge in [0.15, 0.2) is 0 Å². The molecule has 0 aliphatic rings. The smallest absolute Gasteiger partial charge is 0.240 e. The molecule has 0 saturated carbocycles. The fourth-order valence-electron chi connectivity index (χ4n) is 2.77. The highest BCUT2D eigenvalue weighted by molar-refractivity contribution is 14.1. The summed E-state index contributed by atoms with van der Waals surface area (Å²) in [6.07, 6.45) is 2.62. The lowest BCUT2D eigenvalue weighted by atomic mass is 10.0. The van der Waals surface area contributed by atoms with Crippen LogP contribution in [0.25, 0.3) is 22.2 Å². The second-order valence-electron chi connectivity index (χ2n) is 5.95. The minimum Gasteiger partial charge on any atom is -0.479 e. The molecule has 128 valence electrons. The van der Waals surface area contributed by atoms with Gasteiger partial charge in [0.2, 0.25) is 5.88 Å². The molecule has 0 aliphatic heterocycles. The predicted octanol–water partition coefficient (Wildman–Crippen LogP) is 5.05. The number of ether oxygens (including phenoxy) is 1. The Bertz CT molecular complexity index is 980. The van der Waals surface area contributed by atoms with Gasteiger partial charge in [0, 0.05) is 33.4 Å². The summed E-state index contributed by atoms with van der Waals surface area (Å²) in [5.74, 6) is 7.09. The molecule has 0 aliphatic carbocycles. The zero-order valence-electron chi connectivity index (χ0n) is 14.8. The van der Waals surface area contributed by atoms with Gasteiger partial charge >= 0.3 is 0 Å². The zero-order valence-corrected chi connectivity index (χ0v) is 17.0. The number of rotatable bonds is 3. The van der Waals surface area contributed by atoms with Crippen molar-refractivity contribution in [3.8, 4) is 29.0 Å². The molecule has 2 aromatic heterocycles. The molecule has 1 aromatic carbocycles. The van der Waals surface area contributed by atoms with Crippen LogP contribution < -0.4 is 4.74 Å². The lowest BCUT2D eigenvalue weighted by Crippen LogP contribution is -2.03. The monoisotopic (exact) mass is 445 g/mol. The van der Waals surface area contributed by atoms with Crippen LogP contribution in [0, 0.1) is 15.4 Å². The summed E-state index contributed by atoms with van der Waals surface area (Å²) in [6.45, 7) is 6.27. The minimum atomic E-state index is 0.231. The fraction of sp³-hybridized carbons (Fsp3) is 0.300. The molecule has 0 amide bonds. The van der Waals surface area contributed by atoms with Crippen LogP contribution in [0.15, 0.2) is 30.5 Å². The summed E-state index contributed by atoms with van der Waals surface area (Å²) in [5, 5.41) is 5.59. The first-order valence-corrected chi connectivity index (χ1v) is 9.34. The van der Waals surface area contributed by atoms with E-state index in [0.29, 0.717) is 5.88 Å². The highest BCUT2D eigenvalue weighted by atomic mass is 127. The Labute approximate surface area is 161 Å². The molecular weight excluding hydrogens is 425 g/mol. The highest BCUT2D eigenvalue weighted by Gasteiger charge is 2.18. The molecule has 2 heterocycles. The summed E-state index contributed by atoms with van der Waals surface area (Å²) in [6, 6.07) is 8.44. The lowest BCUT2D eigenvalue weighted by molar-refractivity contribution is 0.387. The van der Waals surface area contributed by atoms with E-state index >= 15 is 0 Å². The van der Waals surface area contributed by atoms with Gasteiger partial charge in [-0.2, -0.15) is 0 Å². The number of methoxy groups -OCH3 is 1. The Morgan fingerprint density at radius 2 is 2.12 bits per heavy atom. The summed E-state index contributed by atoms with van der Waals surface area (Å²) < 4.78 is 8.58. The summed E-state index contributed by atoms with van der Waals surface area (Å²) in [4.78, 5) is 4.59. The number of pyridine rings is 1. The van der Waals surface area contributed by atoms with E-state index in [4.69, 9.17) is 4.74 Å². The van der Waals surface area contributed by atoms with Crippen molar-refractivity contribution >= 4 is 33.5 Å². The average Bonchev–Trinajstić information content (AvgIpc) is 2.97. The maximum atomic E-state index is 5.49. The van der Waals surface area contributed by atoms with Crippen molar-refractivity contribution in [1.29, 1.82) is 0 Å². The summed E-state index contributed by atoms with van der Waals surface area (Å²) in [7, 11) is 1.65. The van der Waals surface area contributed by atoms with Gasteiger partial charge < -0.3 is 4.74 Å². The van der Waals surface area contributed by atoms with Crippen LogP contribution >= 0.6 is 22.6 Å². The molecule has 0 unspecified atom stereocenters. The Hall–Kier alpha value is -2.07. The van der Waals surface area contributed by atoms with E-state index in [9.17, 15) is 0 Å². The van der Waals surface area contributed by atoms with Crippen molar-refractivity contribution < 1.29 is 4.74 Å². The second kappa shape index (κ2) is 7.44. The quantitative estimate of drug-likeness (QED) is 0.418. The van der Waals surface area contributed by atoms with Crippen LogP contribution in [0.1, 0.15) is 38.8 Å². The molecule has 0 radical (unpaired) electrons. The van der Waals surface area contributed by atoms with E-state index < -0.39 is 0 Å². The van der Waals surface area contributed by atoms with Gasteiger partial charge in [-0.1, -0.05) is 18.8 Å². The van der Waals surface area contributed by atoms with E-state index in [-0.39, 0.29) is 6.04 Å². The number of hydrogen-bond donors (Lipinski definition) is 0.